The molecule has 0 atom stereocenters. The van der Waals surface area contributed by atoms with Gasteiger partial charge in [-0.25, -0.2) is 4.98 Å². The first-order valence-electron chi connectivity index (χ1n) is 5.33. The molecule has 0 saturated carbocycles. The first-order chi connectivity index (χ1) is 8.70. The van der Waals surface area contributed by atoms with E-state index < -0.39 is 0 Å². The van der Waals surface area contributed by atoms with Crippen molar-refractivity contribution < 1.29 is 0 Å². The fourth-order valence-electron chi connectivity index (χ4n) is 0.852. The van der Waals surface area contributed by atoms with E-state index in [0.717, 1.165) is 0 Å². The Hall–Kier alpha value is -2.37. The Kier molecular flexibility index (Phi) is 9.66. The van der Waals surface area contributed by atoms with Crippen LogP contribution in [0.25, 0.3) is 0 Å². The second kappa shape index (κ2) is 11.1. The zero-order chi connectivity index (χ0) is 13.6. The SMILES string of the molecule is CN=CC=NN.Cn1cccc1.Cn1ccnc1. The molecule has 0 bridgehead atoms. The van der Waals surface area contributed by atoms with Crippen LogP contribution in [0.15, 0.2) is 53.3 Å². The van der Waals surface area contributed by atoms with Crippen molar-refractivity contribution in [1.82, 2.24) is 14.1 Å². The third-order valence-corrected chi connectivity index (χ3v) is 1.69. The molecule has 2 heterocycles. The van der Waals surface area contributed by atoms with Crippen LogP contribution in [0, 0.1) is 0 Å². The molecule has 0 aromatic carbocycles. The minimum atomic E-state index is 1.42. The van der Waals surface area contributed by atoms with Gasteiger partial charge < -0.3 is 15.0 Å². The summed E-state index contributed by atoms with van der Waals surface area (Å²) in [5.74, 6) is 4.69. The van der Waals surface area contributed by atoms with Crippen molar-refractivity contribution in [2.75, 3.05) is 7.05 Å². The van der Waals surface area contributed by atoms with Crippen molar-refractivity contribution in [2.45, 2.75) is 0 Å². The number of hydrogen-bond donors (Lipinski definition) is 1. The number of imidazole rings is 1. The molecule has 0 fully saturated rings. The van der Waals surface area contributed by atoms with Crippen molar-refractivity contribution in [3.8, 4) is 0 Å². The van der Waals surface area contributed by atoms with Crippen LogP contribution in [0.1, 0.15) is 0 Å². The second-order valence-corrected chi connectivity index (χ2v) is 3.28. The highest BCUT2D eigenvalue weighted by Crippen LogP contribution is 1.80. The van der Waals surface area contributed by atoms with E-state index in [0.29, 0.717) is 0 Å². The van der Waals surface area contributed by atoms with Crippen LogP contribution < -0.4 is 5.84 Å². The molecule has 2 aromatic heterocycles. The third-order valence-electron chi connectivity index (χ3n) is 1.69. The molecule has 0 aliphatic rings. The van der Waals surface area contributed by atoms with Crippen molar-refractivity contribution in [3.05, 3.63) is 43.2 Å². The predicted octanol–water partition coefficient (Wildman–Crippen LogP) is 1.08. The average Bonchev–Trinajstić information content (AvgIpc) is 3.01. The molecule has 18 heavy (non-hydrogen) atoms. The Balaban J connectivity index is 0.000000241. The number of nitrogens with two attached hydrogens (primary N) is 1. The van der Waals surface area contributed by atoms with Crippen molar-refractivity contribution in [1.29, 1.82) is 0 Å². The van der Waals surface area contributed by atoms with E-state index in [1.807, 2.05) is 54.0 Å². The summed E-state index contributed by atoms with van der Waals surface area (Å²) in [5.41, 5.74) is 0. The second-order valence-electron chi connectivity index (χ2n) is 3.28. The van der Waals surface area contributed by atoms with E-state index in [-0.39, 0.29) is 0 Å². The lowest BCUT2D eigenvalue weighted by molar-refractivity contribution is 0.913. The van der Waals surface area contributed by atoms with Crippen LogP contribution in [-0.4, -0.2) is 33.6 Å². The maximum Gasteiger partial charge on any atom is 0.0943 e. The van der Waals surface area contributed by atoms with E-state index >= 15 is 0 Å². The summed E-state index contributed by atoms with van der Waals surface area (Å²) >= 11 is 0. The number of aromatic nitrogens is 3. The molecule has 6 heteroatoms. The van der Waals surface area contributed by atoms with Crippen LogP contribution >= 0.6 is 0 Å². The average molecular weight is 248 g/mol. The van der Waals surface area contributed by atoms with Crippen molar-refractivity contribution >= 4 is 12.4 Å². The lowest BCUT2D eigenvalue weighted by Crippen LogP contribution is -1.81. The molecule has 0 saturated heterocycles. The molecule has 0 aliphatic heterocycles. The summed E-state index contributed by atoms with van der Waals surface area (Å²) in [6, 6.07) is 4.00. The smallest absolute Gasteiger partial charge is 0.0943 e. The van der Waals surface area contributed by atoms with Crippen LogP contribution in [0.2, 0.25) is 0 Å². The van der Waals surface area contributed by atoms with Gasteiger partial charge in [-0.2, -0.15) is 5.10 Å². The lowest BCUT2D eigenvalue weighted by atomic mass is 10.7. The van der Waals surface area contributed by atoms with Crippen LogP contribution in [0.4, 0.5) is 0 Å². The third kappa shape index (κ3) is 10.2. The fourth-order valence-corrected chi connectivity index (χ4v) is 0.852. The Morgan fingerprint density at radius 2 is 1.72 bits per heavy atom. The Bertz CT molecular complexity index is 371. The Morgan fingerprint density at radius 1 is 1.06 bits per heavy atom. The topological polar surface area (TPSA) is 73.5 Å². The highest BCUT2D eigenvalue weighted by Gasteiger charge is 1.69. The summed E-state index contributed by atoms with van der Waals surface area (Å²) in [7, 11) is 5.59. The largest absolute Gasteiger partial charge is 0.357 e. The molecule has 2 N–H and O–H groups in total. The zero-order valence-electron chi connectivity index (χ0n) is 11.0. The first kappa shape index (κ1) is 15.6. The molecule has 0 unspecified atom stereocenters. The van der Waals surface area contributed by atoms with Crippen molar-refractivity contribution in [3.63, 3.8) is 0 Å². The number of nitrogens with zero attached hydrogens (tertiary/aromatic N) is 5. The molecule has 0 radical (unpaired) electrons. The van der Waals surface area contributed by atoms with Crippen LogP contribution in [0.3, 0.4) is 0 Å². The van der Waals surface area contributed by atoms with Crippen molar-refractivity contribution in [2.24, 2.45) is 30.0 Å². The minimum Gasteiger partial charge on any atom is -0.357 e. The van der Waals surface area contributed by atoms with Crippen LogP contribution in [-0.2, 0) is 14.1 Å². The number of aryl methyl sites for hydroxylation is 2. The lowest BCUT2D eigenvalue weighted by Gasteiger charge is -1.79. The standard InChI is InChI=1S/C5H7N.C4H6N2.C3H7N3/c1-6-4-2-3-5-6;1-6-3-2-5-4-6;1-5-2-3-6-4/h2-5H,1H3;2-4H,1H3;2-3H,4H2,1H3. The van der Waals surface area contributed by atoms with E-state index in [4.69, 9.17) is 5.84 Å². The molecule has 2 aromatic rings. The molecule has 6 nitrogen and oxygen atoms in total. The van der Waals surface area contributed by atoms with Gasteiger partial charge in [0, 0.05) is 52.1 Å². The Labute approximate surface area is 107 Å². The number of hydrogen-bond acceptors (Lipinski definition) is 4. The summed E-state index contributed by atoms with van der Waals surface area (Å²) in [4.78, 5) is 7.36. The fraction of sp³-hybridized carbons (Fsp3) is 0.250. The maximum atomic E-state index is 4.69. The van der Waals surface area contributed by atoms with Gasteiger partial charge in [0.05, 0.1) is 12.5 Å². The van der Waals surface area contributed by atoms with Gasteiger partial charge in [0.25, 0.3) is 0 Å². The molecular weight excluding hydrogens is 228 g/mol. The minimum absolute atomic E-state index is 1.42. The Morgan fingerprint density at radius 3 is 1.89 bits per heavy atom. The molecule has 2 rings (SSSR count). The van der Waals surface area contributed by atoms with Gasteiger partial charge in [0.2, 0.25) is 0 Å². The molecular formula is C12H20N6. The summed E-state index contributed by atoms with van der Waals surface area (Å²) in [6.45, 7) is 0. The van der Waals surface area contributed by atoms with Gasteiger partial charge in [0.1, 0.15) is 0 Å². The first-order valence-corrected chi connectivity index (χ1v) is 5.33. The highest BCUT2D eigenvalue weighted by molar-refractivity contribution is 6.15. The zero-order valence-corrected chi connectivity index (χ0v) is 11.0. The predicted molar refractivity (Wildman–Crippen MR) is 75.7 cm³/mol. The molecule has 98 valence electrons. The molecule has 0 spiro atoms. The van der Waals surface area contributed by atoms with Crippen LogP contribution in [0.5, 0.6) is 0 Å². The number of rotatable bonds is 1. The molecule has 0 amide bonds. The van der Waals surface area contributed by atoms with E-state index in [2.05, 4.69) is 15.1 Å². The maximum absolute atomic E-state index is 4.69. The van der Waals surface area contributed by atoms with Gasteiger partial charge in [-0.1, -0.05) is 0 Å². The highest BCUT2D eigenvalue weighted by atomic mass is 15.1. The summed E-state index contributed by atoms with van der Waals surface area (Å²) in [6.07, 6.45) is 12.3. The quantitative estimate of drug-likeness (QED) is 0.466. The summed E-state index contributed by atoms with van der Waals surface area (Å²) in [5, 5.41) is 3.15. The van der Waals surface area contributed by atoms with Gasteiger partial charge in [0.15, 0.2) is 0 Å². The summed E-state index contributed by atoms with van der Waals surface area (Å²) < 4.78 is 3.89. The van der Waals surface area contributed by atoms with E-state index in [9.17, 15) is 0 Å². The van der Waals surface area contributed by atoms with E-state index in [1.165, 1.54) is 12.4 Å². The normalized spacial score (nSPS) is 9.72. The van der Waals surface area contributed by atoms with E-state index in [1.54, 1.807) is 19.6 Å². The van der Waals surface area contributed by atoms with Gasteiger partial charge in [-0.15, -0.1) is 0 Å². The van der Waals surface area contributed by atoms with Gasteiger partial charge in [-0.05, 0) is 12.1 Å². The number of aliphatic imine (C=N–C) groups is 1. The monoisotopic (exact) mass is 248 g/mol. The molecule has 0 aliphatic carbocycles. The van der Waals surface area contributed by atoms with Gasteiger partial charge in [-0.3, -0.25) is 4.99 Å². The van der Waals surface area contributed by atoms with Gasteiger partial charge >= 0.3 is 0 Å². The number of hydrazone groups is 1.